The Kier molecular flexibility index (Phi) is 1.72. The van der Waals surface area contributed by atoms with Crippen molar-refractivity contribution in [1.29, 1.82) is 0 Å². The molecule has 9 heavy (non-hydrogen) atoms. The molecule has 4 nitrogen and oxygen atoms in total. The van der Waals surface area contributed by atoms with Crippen LogP contribution in [0.15, 0.2) is 0 Å². The molecule has 4 heteroatoms. The predicted molar refractivity (Wildman–Crippen MR) is 28.6 cm³/mol. The summed E-state index contributed by atoms with van der Waals surface area (Å²) in [6, 6.07) is 0. The summed E-state index contributed by atoms with van der Waals surface area (Å²) in [6.07, 6.45) is -3.81. The van der Waals surface area contributed by atoms with Crippen molar-refractivity contribution in [3.63, 3.8) is 0 Å². The van der Waals surface area contributed by atoms with Crippen molar-refractivity contribution >= 4 is 0 Å². The molecule has 1 rings (SSSR count). The van der Waals surface area contributed by atoms with Gasteiger partial charge in [0.15, 0.2) is 6.29 Å². The van der Waals surface area contributed by atoms with Crippen molar-refractivity contribution in [2.75, 3.05) is 0 Å². The van der Waals surface area contributed by atoms with Crippen LogP contribution in [0, 0.1) is 0 Å². The number of aliphatic hydroxyl groups is 3. The summed E-state index contributed by atoms with van der Waals surface area (Å²) in [5, 5.41) is 26.4. The second-order valence-corrected chi connectivity index (χ2v) is 2.21. The van der Waals surface area contributed by atoms with E-state index in [0.29, 0.717) is 0 Å². The quantitative estimate of drug-likeness (QED) is 0.375. The lowest BCUT2D eigenvalue weighted by molar-refractivity contribution is -0.124. The van der Waals surface area contributed by atoms with Gasteiger partial charge in [-0.25, -0.2) is 0 Å². The number of ether oxygens (including phenoxy) is 1. The number of rotatable bonds is 0. The van der Waals surface area contributed by atoms with Gasteiger partial charge in [-0.3, -0.25) is 0 Å². The van der Waals surface area contributed by atoms with Gasteiger partial charge in [0.25, 0.3) is 0 Å². The van der Waals surface area contributed by atoms with Gasteiger partial charge in [-0.2, -0.15) is 0 Å². The zero-order chi connectivity index (χ0) is 7.02. The highest BCUT2D eigenvalue weighted by atomic mass is 16.6. The fraction of sp³-hybridized carbons (Fsp3) is 1.00. The van der Waals surface area contributed by atoms with Crippen molar-refractivity contribution in [1.82, 2.24) is 0 Å². The minimum Gasteiger partial charge on any atom is -0.388 e. The van der Waals surface area contributed by atoms with E-state index in [1.165, 1.54) is 0 Å². The van der Waals surface area contributed by atoms with Gasteiger partial charge in [0.2, 0.25) is 0 Å². The Balaban J connectivity index is 2.54. The van der Waals surface area contributed by atoms with Gasteiger partial charge in [-0.05, 0) is 6.92 Å². The Labute approximate surface area is 52.7 Å². The maximum absolute atomic E-state index is 8.90. The lowest BCUT2D eigenvalue weighted by atomic mass is 10.2. The molecule has 0 spiro atoms. The second kappa shape index (κ2) is 2.22. The summed E-state index contributed by atoms with van der Waals surface area (Å²) in [5.41, 5.74) is 0. The Morgan fingerprint density at radius 3 is 1.78 bits per heavy atom. The minimum atomic E-state index is -1.23. The molecule has 0 unspecified atom stereocenters. The maximum atomic E-state index is 8.90. The van der Waals surface area contributed by atoms with E-state index >= 15 is 0 Å². The summed E-state index contributed by atoms with van der Waals surface area (Å²) in [4.78, 5) is 0. The molecule has 0 saturated carbocycles. The first-order valence-corrected chi connectivity index (χ1v) is 2.82. The number of hydrogen-bond donors (Lipinski definition) is 3. The van der Waals surface area contributed by atoms with E-state index in [1.54, 1.807) is 6.92 Å². The molecule has 0 radical (unpaired) electrons. The summed E-state index contributed by atoms with van der Waals surface area (Å²) < 4.78 is 4.64. The molecule has 0 bridgehead atoms. The van der Waals surface area contributed by atoms with E-state index < -0.39 is 24.6 Å². The zero-order valence-electron chi connectivity index (χ0n) is 5.06. The molecule has 3 N–H and O–H groups in total. The average Bonchev–Trinajstić information content (AvgIpc) is 1.98. The normalized spacial score (nSPS) is 52.0. The third-order valence-corrected chi connectivity index (χ3v) is 1.48. The topological polar surface area (TPSA) is 69.9 Å². The summed E-state index contributed by atoms with van der Waals surface area (Å²) in [5.74, 6) is 0. The maximum Gasteiger partial charge on any atom is 0.183 e. The summed E-state index contributed by atoms with van der Waals surface area (Å²) in [7, 11) is 0. The van der Waals surface area contributed by atoms with E-state index in [-0.39, 0.29) is 0 Å². The average molecular weight is 134 g/mol. The first-order chi connectivity index (χ1) is 4.13. The van der Waals surface area contributed by atoms with Gasteiger partial charge in [0.1, 0.15) is 12.2 Å². The minimum absolute atomic E-state index is 0.477. The van der Waals surface area contributed by atoms with Gasteiger partial charge < -0.3 is 20.1 Å². The van der Waals surface area contributed by atoms with Crippen molar-refractivity contribution in [3.05, 3.63) is 0 Å². The van der Waals surface area contributed by atoms with E-state index in [4.69, 9.17) is 15.3 Å². The van der Waals surface area contributed by atoms with Crippen LogP contribution >= 0.6 is 0 Å². The first-order valence-electron chi connectivity index (χ1n) is 2.82. The van der Waals surface area contributed by atoms with Crippen LogP contribution in [0.4, 0.5) is 0 Å². The van der Waals surface area contributed by atoms with Crippen LogP contribution < -0.4 is 0 Å². The Hall–Kier alpha value is -0.160. The Bertz CT molecular complexity index is 93.1. The molecule has 1 aliphatic rings. The third kappa shape index (κ3) is 1.07. The van der Waals surface area contributed by atoms with Crippen LogP contribution in [0.25, 0.3) is 0 Å². The Morgan fingerprint density at radius 2 is 1.67 bits per heavy atom. The fourth-order valence-corrected chi connectivity index (χ4v) is 0.827. The van der Waals surface area contributed by atoms with Crippen LogP contribution in [0.2, 0.25) is 0 Å². The van der Waals surface area contributed by atoms with Gasteiger partial charge in [0, 0.05) is 0 Å². The van der Waals surface area contributed by atoms with Crippen LogP contribution in [0.5, 0.6) is 0 Å². The first kappa shape index (κ1) is 6.95. The molecule has 4 atom stereocenters. The molecule has 0 aromatic carbocycles. The summed E-state index contributed by atoms with van der Waals surface area (Å²) >= 11 is 0. The lowest BCUT2D eigenvalue weighted by Gasteiger charge is -2.07. The molecule has 0 amide bonds. The molecule has 1 heterocycles. The molecular formula is C5H10O4. The van der Waals surface area contributed by atoms with Crippen LogP contribution in [0.1, 0.15) is 6.92 Å². The second-order valence-electron chi connectivity index (χ2n) is 2.21. The molecule has 54 valence electrons. The fourth-order valence-electron chi connectivity index (χ4n) is 0.827. The monoisotopic (exact) mass is 134 g/mol. The molecule has 1 aliphatic heterocycles. The van der Waals surface area contributed by atoms with Crippen LogP contribution in [0.3, 0.4) is 0 Å². The summed E-state index contributed by atoms with van der Waals surface area (Å²) in [6.45, 7) is 1.59. The van der Waals surface area contributed by atoms with Crippen molar-refractivity contribution in [3.8, 4) is 0 Å². The highest BCUT2D eigenvalue weighted by molar-refractivity contribution is 4.82. The van der Waals surface area contributed by atoms with Gasteiger partial charge in [-0.1, -0.05) is 0 Å². The molecular weight excluding hydrogens is 124 g/mol. The highest BCUT2D eigenvalue weighted by Gasteiger charge is 2.38. The zero-order valence-corrected chi connectivity index (χ0v) is 5.06. The van der Waals surface area contributed by atoms with Gasteiger partial charge in [0.05, 0.1) is 6.10 Å². The lowest BCUT2D eigenvalue weighted by Crippen LogP contribution is -2.31. The standard InChI is InChI=1S/C5H10O4/c1-2-3(6)4(7)5(8)9-2/h2-8H,1H3/t2-,3-,4+,5-/m1/s1. The smallest absolute Gasteiger partial charge is 0.183 e. The van der Waals surface area contributed by atoms with E-state index in [1.807, 2.05) is 0 Å². The van der Waals surface area contributed by atoms with Gasteiger partial charge >= 0.3 is 0 Å². The van der Waals surface area contributed by atoms with E-state index in [2.05, 4.69) is 4.74 Å². The molecule has 0 aliphatic carbocycles. The number of aliphatic hydroxyl groups excluding tert-OH is 3. The number of hydrogen-bond acceptors (Lipinski definition) is 4. The van der Waals surface area contributed by atoms with Crippen LogP contribution in [-0.4, -0.2) is 39.9 Å². The largest absolute Gasteiger partial charge is 0.388 e. The van der Waals surface area contributed by atoms with Crippen LogP contribution in [-0.2, 0) is 4.74 Å². The molecule has 0 aromatic heterocycles. The van der Waals surface area contributed by atoms with Crippen molar-refractivity contribution < 1.29 is 20.1 Å². The Morgan fingerprint density at radius 1 is 1.11 bits per heavy atom. The van der Waals surface area contributed by atoms with E-state index in [0.717, 1.165) is 0 Å². The predicted octanol–water partition coefficient (Wildman–Crippen LogP) is -1.55. The van der Waals surface area contributed by atoms with Gasteiger partial charge in [-0.15, -0.1) is 0 Å². The SMILES string of the molecule is C[C@H]1O[C@@H](O)[C@@H](O)[C@@H]1O. The highest BCUT2D eigenvalue weighted by Crippen LogP contribution is 2.18. The third-order valence-electron chi connectivity index (χ3n) is 1.48. The molecule has 1 fully saturated rings. The van der Waals surface area contributed by atoms with Crippen molar-refractivity contribution in [2.45, 2.75) is 31.5 Å². The molecule has 0 aromatic rings. The molecule has 1 saturated heterocycles. The van der Waals surface area contributed by atoms with Crippen molar-refractivity contribution in [2.24, 2.45) is 0 Å². The van der Waals surface area contributed by atoms with E-state index in [9.17, 15) is 0 Å².